The molecule has 3 rings (SSSR count). The van der Waals surface area contributed by atoms with Gasteiger partial charge >= 0.3 is 0 Å². The fraction of sp³-hybridized carbons (Fsp3) is 0.444. The maximum atomic E-state index is 6.36. The highest BCUT2D eigenvalue weighted by molar-refractivity contribution is 5.85. The van der Waals surface area contributed by atoms with E-state index in [-0.39, 0.29) is 12.4 Å². The molecule has 0 aliphatic heterocycles. The molecule has 1 aromatic carbocycles. The highest BCUT2D eigenvalue weighted by atomic mass is 35.5. The molecule has 0 bridgehead atoms. The lowest BCUT2D eigenvalue weighted by Crippen LogP contribution is -2.34. The summed E-state index contributed by atoms with van der Waals surface area (Å²) in [4.78, 5) is 4.48. The topological polar surface area (TPSA) is 64.9 Å². The van der Waals surface area contributed by atoms with E-state index in [0.717, 1.165) is 37.7 Å². The van der Waals surface area contributed by atoms with Crippen molar-refractivity contribution < 1.29 is 4.52 Å². The van der Waals surface area contributed by atoms with Crippen LogP contribution < -0.4 is 5.73 Å². The molecule has 1 aromatic heterocycles. The molecule has 1 aliphatic carbocycles. The molecule has 5 heteroatoms. The largest absolute Gasteiger partial charge is 0.335 e. The van der Waals surface area contributed by atoms with Gasteiger partial charge < -0.3 is 10.3 Å². The number of nitrogens with zero attached hydrogens (tertiary/aromatic N) is 2. The van der Waals surface area contributed by atoms with Crippen LogP contribution in [0.2, 0.25) is 0 Å². The molecule has 23 heavy (non-hydrogen) atoms. The molecule has 0 amide bonds. The zero-order chi connectivity index (χ0) is 15.6. The van der Waals surface area contributed by atoms with Crippen LogP contribution in [-0.2, 0) is 12.0 Å². The van der Waals surface area contributed by atoms with Gasteiger partial charge in [0.05, 0.1) is 5.54 Å². The van der Waals surface area contributed by atoms with Gasteiger partial charge in [0, 0.05) is 6.08 Å². The fourth-order valence-electron chi connectivity index (χ4n) is 3.00. The lowest BCUT2D eigenvalue weighted by atomic mass is 9.99. The Morgan fingerprint density at radius 1 is 1.26 bits per heavy atom. The van der Waals surface area contributed by atoms with Crippen LogP contribution in [0.3, 0.4) is 0 Å². The fourth-order valence-corrected chi connectivity index (χ4v) is 3.00. The molecule has 1 aliphatic rings. The summed E-state index contributed by atoms with van der Waals surface area (Å²) in [6.45, 7) is 4.21. The van der Waals surface area contributed by atoms with Crippen molar-refractivity contribution >= 4 is 24.1 Å². The average molecular weight is 334 g/mol. The Morgan fingerprint density at radius 2 is 1.91 bits per heavy atom. The zero-order valence-corrected chi connectivity index (χ0v) is 14.5. The quantitative estimate of drug-likeness (QED) is 0.903. The molecular formula is C18H24ClN3O. The van der Waals surface area contributed by atoms with E-state index in [0.29, 0.717) is 11.7 Å². The number of benzene rings is 1. The Kier molecular flexibility index (Phi) is 5.60. The summed E-state index contributed by atoms with van der Waals surface area (Å²) in [6, 6.07) is 8.56. The number of hydrogen-bond acceptors (Lipinski definition) is 4. The van der Waals surface area contributed by atoms with Crippen molar-refractivity contribution in [2.75, 3.05) is 0 Å². The van der Waals surface area contributed by atoms with Gasteiger partial charge in [0.25, 0.3) is 5.89 Å². The summed E-state index contributed by atoms with van der Waals surface area (Å²) in [5.74, 6) is 1.18. The first kappa shape index (κ1) is 17.7. The summed E-state index contributed by atoms with van der Waals surface area (Å²) in [5.41, 5.74) is 9.58. The van der Waals surface area contributed by atoms with Gasteiger partial charge in [0.2, 0.25) is 0 Å². The molecule has 124 valence electrons. The molecule has 1 fully saturated rings. The molecule has 1 saturated carbocycles. The van der Waals surface area contributed by atoms with E-state index in [4.69, 9.17) is 10.3 Å². The van der Waals surface area contributed by atoms with Crippen LogP contribution in [0, 0.1) is 0 Å². The lowest BCUT2D eigenvalue weighted by molar-refractivity contribution is 0.364. The first-order chi connectivity index (χ1) is 10.6. The van der Waals surface area contributed by atoms with Crippen LogP contribution >= 0.6 is 12.4 Å². The van der Waals surface area contributed by atoms with Gasteiger partial charge in [-0.15, -0.1) is 12.4 Å². The Balaban J connectivity index is 0.00000192. The summed E-state index contributed by atoms with van der Waals surface area (Å²) >= 11 is 0. The second kappa shape index (κ2) is 7.28. The third-order valence-corrected chi connectivity index (χ3v) is 4.54. The van der Waals surface area contributed by atoms with E-state index in [1.54, 1.807) is 0 Å². The second-order valence-electron chi connectivity index (χ2n) is 6.20. The standard InChI is InChI=1S/C18H23N3O.ClH/c1-3-14-6-8-15(9-7-14)13(2)12-16-20-17(21-22-16)18(19)10-4-5-11-18;/h6-9,12H,3-5,10-11,19H2,1-2H3;1H/b13-12+;. The van der Waals surface area contributed by atoms with Crippen LogP contribution in [0.25, 0.3) is 11.6 Å². The van der Waals surface area contributed by atoms with Gasteiger partial charge in [-0.05, 0) is 42.9 Å². The van der Waals surface area contributed by atoms with E-state index in [1.807, 2.05) is 6.08 Å². The predicted octanol–water partition coefficient (Wildman–Crippen LogP) is 4.34. The number of halogens is 1. The van der Waals surface area contributed by atoms with Gasteiger partial charge in [-0.3, -0.25) is 0 Å². The normalized spacial score (nSPS) is 17.1. The Labute approximate surface area is 143 Å². The van der Waals surface area contributed by atoms with Crippen molar-refractivity contribution in [2.45, 2.75) is 51.5 Å². The number of rotatable bonds is 4. The van der Waals surface area contributed by atoms with Crippen LogP contribution in [0.5, 0.6) is 0 Å². The number of nitrogens with two attached hydrogens (primary N) is 1. The van der Waals surface area contributed by atoms with E-state index < -0.39 is 5.54 Å². The Hall–Kier alpha value is -1.65. The van der Waals surface area contributed by atoms with Crippen LogP contribution in [-0.4, -0.2) is 10.1 Å². The summed E-state index contributed by atoms with van der Waals surface area (Å²) in [6.07, 6.45) is 7.13. The highest BCUT2D eigenvalue weighted by Crippen LogP contribution is 2.34. The number of hydrogen-bond donors (Lipinski definition) is 1. The molecule has 4 nitrogen and oxygen atoms in total. The number of aryl methyl sites for hydroxylation is 1. The molecule has 0 atom stereocenters. The van der Waals surface area contributed by atoms with Crippen molar-refractivity contribution in [3.05, 3.63) is 47.1 Å². The number of allylic oxidation sites excluding steroid dienone is 1. The van der Waals surface area contributed by atoms with Crippen molar-refractivity contribution in [3.8, 4) is 0 Å². The highest BCUT2D eigenvalue weighted by Gasteiger charge is 2.35. The predicted molar refractivity (Wildman–Crippen MR) is 95.2 cm³/mol. The molecule has 0 spiro atoms. The molecule has 2 N–H and O–H groups in total. The van der Waals surface area contributed by atoms with Crippen LogP contribution in [0.15, 0.2) is 28.8 Å². The average Bonchev–Trinajstić information content (AvgIpc) is 3.17. The Bertz CT molecular complexity index is 670. The molecule has 0 unspecified atom stereocenters. The number of aromatic nitrogens is 2. The monoisotopic (exact) mass is 333 g/mol. The minimum Gasteiger partial charge on any atom is -0.335 e. The molecule has 0 radical (unpaired) electrons. The van der Waals surface area contributed by atoms with Crippen molar-refractivity contribution in [1.82, 2.24) is 10.1 Å². The minimum atomic E-state index is -0.397. The molecule has 2 aromatic rings. The van der Waals surface area contributed by atoms with E-state index in [9.17, 15) is 0 Å². The van der Waals surface area contributed by atoms with Gasteiger partial charge in [-0.25, -0.2) is 0 Å². The first-order valence-electron chi connectivity index (χ1n) is 8.01. The SMILES string of the molecule is CCc1ccc(/C(C)=C/c2nc(C3(N)CCCC3)no2)cc1.Cl. The van der Waals surface area contributed by atoms with E-state index in [2.05, 4.69) is 48.3 Å². The third kappa shape index (κ3) is 3.82. The van der Waals surface area contributed by atoms with Gasteiger partial charge in [-0.2, -0.15) is 4.98 Å². The lowest BCUT2D eigenvalue weighted by Gasteiger charge is -2.17. The van der Waals surface area contributed by atoms with Crippen LogP contribution in [0.4, 0.5) is 0 Å². The Morgan fingerprint density at radius 3 is 2.52 bits per heavy atom. The molecule has 1 heterocycles. The molecular weight excluding hydrogens is 310 g/mol. The summed E-state index contributed by atoms with van der Waals surface area (Å²) < 4.78 is 5.36. The second-order valence-corrected chi connectivity index (χ2v) is 6.20. The van der Waals surface area contributed by atoms with Crippen molar-refractivity contribution in [2.24, 2.45) is 5.73 Å². The van der Waals surface area contributed by atoms with E-state index in [1.165, 1.54) is 11.1 Å². The van der Waals surface area contributed by atoms with Crippen LogP contribution in [0.1, 0.15) is 62.4 Å². The van der Waals surface area contributed by atoms with E-state index >= 15 is 0 Å². The maximum absolute atomic E-state index is 6.36. The zero-order valence-electron chi connectivity index (χ0n) is 13.7. The van der Waals surface area contributed by atoms with Gasteiger partial charge in [0.15, 0.2) is 5.82 Å². The maximum Gasteiger partial charge on any atom is 0.250 e. The van der Waals surface area contributed by atoms with Gasteiger partial charge in [-0.1, -0.05) is 49.2 Å². The van der Waals surface area contributed by atoms with Gasteiger partial charge in [0.1, 0.15) is 0 Å². The van der Waals surface area contributed by atoms with Crippen molar-refractivity contribution in [3.63, 3.8) is 0 Å². The third-order valence-electron chi connectivity index (χ3n) is 4.54. The smallest absolute Gasteiger partial charge is 0.250 e. The minimum absolute atomic E-state index is 0. The first-order valence-corrected chi connectivity index (χ1v) is 8.01. The summed E-state index contributed by atoms with van der Waals surface area (Å²) in [5, 5.41) is 4.09. The summed E-state index contributed by atoms with van der Waals surface area (Å²) in [7, 11) is 0. The van der Waals surface area contributed by atoms with Crippen molar-refractivity contribution in [1.29, 1.82) is 0 Å². The molecule has 0 saturated heterocycles.